The van der Waals surface area contributed by atoms with Gasteiger partial charge in [0.05, 0.1) is 0 Å². The van der Waals surface area contributed by atoms with Crippen molar-refractivity contribution in [3.63, 3.8) is 0 Å². The van der Waals surface area contributed by atoms with Crippen molar-refractivity contribution < 1.29 is 9.47 Å². The molecule has 0 aliphatic heterocycles. The Morgan fingerprint density at radius 1 is 1.17 bits per heavy atom. The summed E-state index contributed by atoms with van der Waals surface area (Å²) in [5.74, 6) is 1.04. The van der Waals surface area contributed by atoms with Gasteiger partial charge in [-0.05, 0) is 20.3 Å². The van der Waals surface area contributed by atoms with E-state index in [1.165, 1.54) is 0 Å². The molecular weight excluding hydrogens is 176 g/mol. The van der Waals surface area contributed by atoms with Crippen LogP contribution in [0.1, 0.15) is 27.2 Å². The monoisotopic (exact) mass is 194 g/mol. The summed E-state index contributed by atoms with van der Waals surface area (Å²) < 4.78 is 10.8. The van der Waals surface area contributed by atoms with Gasteiger partial charge in [-0.2, -0.15) is 0 Å². The molecule has 1 unspecified atom stereocenters. The van der Waals surface area contributed by atoms with Crippen molar-refractivity contribution in [3.05, 3.63) is 0 Å². The van der Waals surface area contributed by atoms with Crippen LogP contribution in [0.2, 0.25) is 0 Å². The van der Waals surface area contributed by atoms with Crippen LogP contribution in [0.4, 0.5) is 0 Å². The highest BCUT2D eigenvalue weighted by Crippen LogP contribution is 2.13. The average Bonchev–Trinajstić information content (AvgIpc) is 2.04. The minimum atomic E-state index is -0.0845. The first kappa shape index (κ1) is 12.2. The second-order valence-electron chi connectivity index (χ2n) is 2.73. The fourth-order valence-electron chi connectivity index (χ4n) is 1.01. The van der Waals surface area contributed by atoms with E-state index in [9.17, 15) is 0 Å². The minimum Gasteiger partial charge on any atom is -0.353 e. The van der Waals surface area contributed by atoms with Crippen LogP contribution in [0, 0.1) is 5.92 Å². The van der Waals surface area contributed by atoms with Crippen LogP contribution in [-0.4, -0.2) is 25.4 Å². The molecule has 0 saturated heterocycles. The maximum Gasteiger partial charge on any atom is 0.160 e. The van der Waals surface area contributed by atoms with Crippen molar-refractivity contribution in [3.8, 4) is 0 Å². The summed E-state index contributed by atoms with van der Waals surface area (Å²) in [6.07, 6.45) is 0.852. The Kier molecular flexibility index (Phi) is 7.98. The van der Waals surface area contributed by atoms with E-state index in [-0.39, 0.29) is 6.29 Å². The number of halogens is 1. The Bertz CT molecular complexity index is 92.5. The Balaban J connectivity index is 3.72. The Morgan fingerprint density at radius 3 is 2.00 bits per heavy atom. The van der Waals surface area contributed by atoms with E-state index in [0.29, 0.717) is 25.0 Å². The number of alkyl halides is 1. The van der Waals surface area contributed by atoms with E-state index < -0.39 is 0 Å². The van der Waals surface area contributed by atoms with Gasteiger partial charge in [-0.1, -0.05) is 6.92 Å². The summed E-state index contributed by atoms with van der Waals surface area (Å²) in [6, 6.07) is 0. The van der Waals surface area contributed by atoms with Crippen LogP contribution in [0.25, 0.3) is 0 Å². The topological polar surface area (TPSA) is 18.5 Å². The first-order chi connectivity index (χ1) is 5.76. The van der Waals surface area contributed by atoms with Crippen molar-refractivity contribution in [2.75, 3.05) is 19.1 Å². The molecule has 0 amide bonds. The molecular formula is C9H19ClO2. The molecule has 0 aromatic heterocycles. The molecule has 2 nitrogen and oxygen atoms in total. The van der Waals surface area contributed by atoms with Gasteiger partial charge in [-0.15, -0.1) is 11.6 Å². The van der Waals surface area contributed by atoms with Crippen LogP contribution in [0.15, 0.2) is 0 Å². The zero-order valence-electron chi connectivity index (χ0n) is 8.18. The van der Waals surface area contributed by atoms with E-state index in [1.807, 2.05) is 13.8 Å². The molecule has 3 heteroatoms. The zero-order valence-corrected chi connectivity index (χ0v) is 8.93. The smallest absolute Gasteiger partial charge is 0.160 e. The van der Waals surface area contributed by atoms with Gasteiger partial charge in [0.25, 0.3) is 0 Å². The third kappa shape index (κ3) is 4.96. The first-order valence-corrected chi connectivity index (χ1v) is 5.08. The van der Waals surface area contributed by atoms with Crippen LogP contribution in [-0.2, 0) is 9.47 Å². The van der Waals surface area contributed by atoms with Crippen molar-refractivity contribution >= 4 is 11.6 Å². The normalized spacial score (nSPS) is 13.8. The Morgan fingerprint density at radius 2 is 1.67 bits per heavy atom. The van der Waals surface area contributed by atoms with Crippen LogP contribution in [0.3, 0.4) is 0 Å². The maximum atomic E-state index is 5.63. The standard InChI is InChI=1S/C9H19ClO2/c1-4-11-9(12-5-2)8(3)6-7-10/h8-9H,4-7H2,1-3H3. The second-order valence-corrected chi connectivity index (χ2v) is 3.11. The third-order valence-corrected chi connectivity index (χ3v) is 1.91. The molecule has 1 atom stereocenters. The molecule has 0 radical (unpaired) electrons. The van der Waals surface area contributed by atoms with Crippen molar-refractivity contribution in [1.82, 2.24) is 0 Å². The molecule has 0 fully saturated rings. The van der Waals surface area contributed by atoms with Crippen LogP contribution < -0.4 is 0 Å². The molecule has 0 aromatic carbocycles. The first-order valence-electron chi connectivity index (χ1n) is 4.55. The highest BCUT2D eigenvalue weighted by atomic mass is 35.5. The second kappa shape index (κ2) is 7.84. The predicted molar refractivity (Wildman–Crippen MR) is 51.5 cm³/mol. The molecule has 0 heterocycles. The van der Waals surface area contributed by atoms with Gasteiger partial charge >= 0.3 is 0 Å². The SMILES string of the molecule is CCOC(OCC)C(C)CCCl. The van der Waals surface area contributed by atoms with Gasteiger partial charge < -0.3 is 9.47 Å². The molecule has 74 valence electrons. The Hall–Kier alpha value is 0.210. The van der Waals surface area contributed by atoms with Crippen molar-refractivity contribution in [2.24, 2.45) is 5.92 Å². The summed E-state index contributed by atoms with van der Waals surface area (Å²) in [6.45, 7) is 7.42. The van der Waals surface area contributed by atoms with Crippen LogP contribution in [0.5, 0.6) is 0 Å². The van der Waals surface area contributed by atoms with Gasteiger partial charge in [-0.25, -0.2) is 0 Å². The van der Waals surface area contributed by atoms with Gasteiger partial charge in [0.2, 0.25) is 0 Å². The summed E-state index contributed by atoms with van der Waals surface area (Å²) in [4.78, 5) is 0. The fraction of sp³-hybridized carbons (Fsp3) is 1.00. The lowest BCUT2D eigenvalue weighted by atomic mass is 10.1. The van der Waals surface area contributed by atoms with E-state index in [2.05, 4.69) is 6.92 Å². The van der Waals surface area contributed by atoms with E-state index >= 15 is 0 Å². The molecule has 0 spiro atoms. The van der Waals surface area contributed by atoms with Gasteiger partial charge in [0.15, 0.2) is 6.29 Å². The number of hydrogen-bond donors (Lipinski definition) is 0. The predicted octanol–water partition coefficient (Wildman–Crippen LogP) is 2.65. The zero-order chi connectivity index (χ0) is 9.40. The highest BCUT2D eigenvalue weighted by Gasteiger charge is 2.16. The van der Waals surface area contributed by atoms with Gasteiger partial charge in [0, 0.05) is 25.0 Å². The summed E-state index contributed by atoms with van der Waals surface area (Å²) in [5, 5.41) is 0. The van der Waals surface area contributed by atoms with E-state index in [0.717, 1.165) is 6.42 Å². The summed E-state index contributed by atoms with van der Waals surface area (Å²) in [5.41, 5.74) is 0. The van der Waals surface area contributed by atoms with Gasteiger partial charge in [0.1, 0.15) is 0 Å². The molecule has 0 rings (SSSR count). The molecule has 0 N–H and O–H groups in total. The highest BCUT2D eigenvalue weighted by molar-refractivity contribution is 6.17. The molecule has 0 aliphatic rings. The fourth-order valence-corrected chi connectivity index (χ4v) is 1.36. The number of rotatable bonds is 7. The summed E-state index contributed by atoms with van der Waals surface area (Å²) in [7, 11) is 0. The molecule has 12 heavy (non-hydrogen) atoms. The van der Waals surface area contributed by atoms with Crippen LogP contribution >= 0.6 is 11.6 Å². The van der Waals surface area contributed by atoms with E-state index in [1.54, 1.807) is 0 Å². The Labute approximate surface area is 80.2 Å². The quantitative estimate of drug-likeness (QED) is 0.458. The number of ether oxygens (including phenoxy) is 2. The lowest BCUT2D eigenvalue weighted by Gasteiger charge is -2.22. The lowest BCUT2D eigenvalue weighted by molar-refractivity contribution is -0.163. The minimum absolute atomic E-state index is 0.0845. The molecule has 0 saturated carbocycles. The molecule has 0 aliphatic carbocycles. The number of hydrogen-bond acceptors (Lipinski definition) is 2. The average molecular weight is 195 g/mol. The maximum absolute atomic E-state index is 5.63. The molecule has 0 bridgehead atoms. The van der Waals surface area contributed by atoms with E-state index in [4.69, 9.17) is 21.1 Å². The largest absolute Gasteiger partial charge is 0.353 e. The van der Waals surface area contributed by atoms with Gasteiger partial charge in [-0.3, -0.25) is 0 Å². The lowest BCUT2D eigenvalue weighted by Crippen LogP contribution is -2.25. The third-order valence-electron chi connectivity index (χ3n) is 1.69. The van der Waals surface area contributed by atoms with Crippen molar-refractivity contribution in [1.29, 1.82) is 0 Å². The summed E-state index contributed by atoms with van der Waals surface area (Å²) >= 11 is 5.63. The van der Waals surface area contributed by atoms with Crippen molar-refractivity contribution in [2.45, 2.75) is 33.5 Å². The molecule has 0 aromatic rings.